The van der Waals surface area contributed by atoms with E-state index in [9.17, 15) is 4.39 Å². The van der Waals surface area contributed by atoms with Gasteiger partial charge in [-0.2, -0.15) is 0 Å². The molecule has 0 aromatic heterocycles. The summed E-state index contributed by atoms with van der Waals surface area (Å²) in [5.74, 6) is -0.229. The molecule has 21 heavy (non-hydrogen) atoms. The normalized spacial score (nSPS) is 19.7. The zero-order valence-electron chi connectivity index (χ0n) is 13.1. The fraction of sp³-hybridized carbons (Fsp3) is 0.625. The molecule has 1 heterocycles. The van der Waals surface area contributed by atoms with Crippen molar-refractivity contribution in [3.8, 4) is 0 Å². The fourth-order valence-electron chi connectivity index (χ4n) is 2.95. The van der Waals surface area contributed by atoms with Gasteiger partial charge in [0.1, 0.15) is 5.82 Å². The molecule has 0 bridgehead atoms. The first-order chi connectivity index (χ1) is 9.82. The molecule has 0 aliphatic carbocycles. The van der Waals surface area contributed by atoms with Gasteiger partial charge in [-0.3, -0.25) is 9.80 Å². The SMILES string of the molecule is CC(C)(C)N1CCN(C(CN)c2cc(Cl)ccc2F)CC1. The Balaban J connectivity index is 2.11. The highest BCUT2D eigenvalue weighted by Crippen LogP contribution is 2.27. The average Bonchev–Trinajstić information content (AvgIpc) is 2.43. The van der Waals surface area contributed by atoms with Gasteiger partial charge in [0.2, 0.25) is 0 Å². The molecule has 1 unspecified atom stereocenters. The molecule has 0 spiro atoms. The second-order valence-corrected chi connectivity index (χ2v) is 7.05. The van der Waals surface area contributed by atoms with Crippen LogP contribution in [0.4, 0.5) is 4.39 Å². The Morgan fingerprint density at radius 2 is 1.86 bits per heavy atom. The Morgan fingerprint density at radius 3 is 2.38 bits per heavy atom. The van der Waals surface area contributed by atoms with Gasteiger partial charge in [-0.25, -0.2) is 4.39 Å². The first kappa shape index (κ1) is 16.7. The van der Waals surface area contributed by atoms with Crippen molar-refractivity contribution in [2.45, 2.75) is 32.4 Å². The number of halogens is 2. The number of benzene rings is 1. The lowest BCUT2D eigenvalue weighted by atomic mass is 10.0. The minimum atomic E-state index is -0.229. The Morgan fingerprint density at radius 1 is 1.24 bits per heavy atom. The third-order valence-electron chi connectivity index (χ3n) is 4.24. The van der Waals surface area contributed by atoms with E-state index in [0.717, 1.165) is 26.2 Å². The topological polar surface area (TPSA) is 32.5 Å². The lowest BCUT2D eigenvalue weighted by Gasteiger charge is -2.44. The lowest BCUT2D eigenvalue weighted by Crippen LogP contribution is -2.54. The summed E-state index contributed by atoms with van der Waals surface area (Å²) in [6.07, 6.45) is 0. The molecule has 1 fully saturated rings. The largest absolute Gasteiger partial charge is 0.329 e. The first-order valence-corrected chi connectivity index (χ1v) is 7.85. The highest BCUT2D eigenvalue weighted by Gasteiger charge is 2.30. The number of rotatable bonds is 3. The van der Waals surface area contributed by atoms with E-state index < -0.39 is 0 Å². The summed E-state index contributed by atoms with van der Waals surface area (Å²) < 4.78 is 14.1. The molecule has 118 valence electrons. The maximum absolute atomic E-state index is 14.1. The van der Waals surface area contributed by atoms with Crippen LogP contribution in [0.2, 0.25) is 5.02 Å². The van der Waals surface area contributed by atoms with E-state index in [1.807, 2.05) is 0 Å². The minimum Gasteiger partial charge on any atom is -0.329 e. The van der Waals surface area contributed by atoms with Gasteiger partial charge in [0, 0.05) is 48.8 Å². The van der Waals surface area contributed by atoms with Gasteiger partial charge in [0.15, 0.2) is 0 Å². The lowest BCUT2D eigenvalue weighted by molar-refractivity contribution is 0.0426. The molecule has 1 aliphatic heterocycles. The number of hydrogen-bond donors (Lipinski definition) is 1. The van der Waals surface area contributed by atoms with E-state index in [-0.39, 0.29) is 17.4 Å². The van der Waals surface area contributed by atoms with Gasteiger partial charge in [0.05, 0.1) is 6.04 Å². The van der Waals surface area contributed by atoms with Gasteiger partial charge < -0.3 is 5.73 Å². The molecule has 0 amide bonds. The van der Waals surface area contributed by atoms with Crippen molar-refractivity contribution >= 4 is 11.6 Å². The molecule has 2 N–H and O–H groups in total. The van der Waals surface area contributed by atoms with Crippen molar-refractivity contribution in [2.24, 2.45) is 5.73 Å². The maximum Gasteiger partial charge on any atom is 0.128 e. The third-order valence-corrected chi connectivity index (χ3v) is 4.48. The summed E-state index contributed by atoms with van der Waals surface area (Å²) >= 11 is 6.01. The molecular weight excluding hydrogens is 289 g/mol. The van der Waals surface area contributed by atoms with Crippen LogP contribution >= 0.6 is 11.6 Å². The van der Waals surface area contributed by atoms with Crippen molar-refractivity contribution < 1.29 is 4.39 Å². The maximum atomic E-state index is 14.1. The Hall–Kier alpha value is -0.680. The predicted molar refractivity (Wildman–Crippen MR) is 86.1 cm³/mol. The van der Waals surface area contributed by atoms with Crippen LogP contribution in [0.25, 0.3) is 0 Å². The predicted octanol–water partition coefficient (Wildman–Crippen LogP) is 2.90. The summed E-state index contributed by atoms with van der Waals surface area (Å²) in [5.41, 5.74) is 6.69. The van der Waals surface area contributed by atoms with E-state index in [0.29, 0.717) is 17.1 Å². The molecule has 5 heteroatoms. The van der Waals surface area contributed by atoms with Crippen LogP contribution in [0, 0.1) is 5.82 Å². The summed E-state index contributed by atoms with van der Waals surface area (Å²) in [5, 5.41) is 0.554. The van der Waals surface area contributed by atoms with Gasteiger partial charge in [-0.15, -0.1) is 0 Å². The van der Waals surface area contributed by atoms with Crippen LogP contribution in [0.15, 0.2) is 18.2 Å². The molecule has 1 saturated heterocycles. The van der Waals surface area contributed by atoms with Crippen LogP contribution < -0.4 is 5.73 Å². The summed E-state index contributed by atoms with van der Waals surface area (Å²) in [7, 11) is 0. The molecule has 0 radical (unpaired) electrons. The van der Waals surface area contributed by atoms with Crippen molar-refractivity contribution in [3.05, 3.63) is 34.6 Å². The number of piperazine rings is 1. The average molecular weight is 314 g/mol. The van der Waals surface area contributed by atoms with Crippen LogP contribution in [-0.4, -0.2) is 48.1 Å². The van der Waals surface area contributed by atoms with Crippen molar-refractivity contribution in [1.29, 1.82) is 0 Å². The molecule has 1 aromatic carbocycles. The highest BCUT2D eigenvalue weighted by atomic mass is 35.5. The van der Waals surface area contributed by atoms with Crippen LogP contribution in [0.1, 0.15) is 32.4 Å². The van der Waals surface area contributed by atoms with Gasteiger partial charge in [-0.05, 0) is 39.0 Å². The van der Waals surface area contributed by atoms with Crippen LogP contribution in [0.5, 0.6) is 0 Å². The third kappa shape index (κ3) is 3.95. The van der Waals surface area contributed by atoms with Gasteiger partial charge >= 0.3 is 0 Å². The molecule has 1 aromatic rings. The van der Waals surface area contributed by atoms with Crippen LogP contribution in [0.3, 0.4) is 0 Å². The van der Waals surface area contributed by atoms with E-state index in [4.69, 9.17) is 17.3 Å². The zero-order valence-corrected chi connectivity index (χ0v) is 13.8. The molecule has 2 rings (SSSR count). The number of nitrogens with two attached hydrogens (primary N) is 1. The molecule has 0 saturated carbocycles. The van der Waals surface area contributed by atoms with Gasteiger partial charge in [0.25, 0.3) is 0 Å². The monoisotopic (exact) mass is 313 g/mol. The molecular formula is C16H25ClFN3. The summed E-state index contributed by atoms with van der Waals surface area (Å²) in [6.45, 7) is 10.8. The highest BCUT2D eigenvalue weighted by molar-refractivity contribution is 6.30. The van der Waals surface area contributed by atoms with Crippen molar-refractivity contribution in [3.63, 3.8) is 0 Å². The van der Waals surface area contributed by atoms with Crippen molar-refractivity contribution in [2.75, 3.05) is 32.7 Å². The molecule has 1 atom stereocenters. The zero-order chi connectivity index (χ0) is 15.6. The number of nitrogens with zero attached hydrogens (tertiary/aromatic N) is 2. The first-order valence-electron chi connectivity index (χ1n) is 7.47. The Labute approximate surface area is 131 Å². The van der Waals surface area contributed by atoms with E-state index >= 15 is 0 Å². The van der Waals surface area contributed by atoms with E-state index in [1.165, 1.54) is 6.07 Å². The minimum absolute atomic E-state index is 0.106. The smallest absolute Gasteiger partial charge is 0.128 e. The quantitative estimate of drug-likeness (QED) is 0.931. The fourth-order valence-corrected chi connectivity index (χ4v) is 3.13. The van der Waals surface area contributed by atoms with Gasteiger partial charge in [-0.1, -0.05) is 11.6 Å². The standard InChI is InChI=1S/C16H25ClFN3/c1-16(2,3)21-8-6-20(7-9-21)15(11-19)13-10-12(17)4-5-14(13)18/h4-5,10,15H,6-9,11,19H2,1-3H3. The second-order valence-electron chi connectivity index (χ2n) is 6.61. The molecule has 3 nitrogen and oxygen atoms in total. The summed E-state index contributed by atoms with van der Waals surface area (Å²) in [4.78, 5) is 4.71. The van der Waals surface area contributed by atoms with E-state index in [2.05, 4.69) is 30.6 Å². The molecule has 1 aliphatic rings. The second kappa shape index (κ2) is 6.61. The Bertz CT molecular complexity index is 479. The Kier molecular flexibility index (Phi) is 5.25. The number of hydrogen-bond acceptors (Lipinski definition) is 3. The van der Waals surface area contributed by atoms with Crippen molar-refractivity contribution in [1.82, 2.24) is 9.80 Å². The van der Waals surface area contributed by atoms with E-state index in [1.54, 1.807) is 12.1 Å². The summed E-state index contributed by atoms with van der Waals surface area (Å²) in [6, 6.07) is 4.59. The van der Waals surface area contributed by atoms with Crippen LogP contribution in [-0.2, 0) is 0 Å².